The van der Waals surface area contributed by atoms with Crippen LogP contribution in [0.1, 0.15) is 40.7 Å². The quantitative estimate of drug-likeness (QED) is 0.519. The monoisotopic (exact) mass is 379 g/mol. The number of nitrogens with one attached hydrogen (secondary N) is 1. The molecule has 4 aromatic rings. The summed E-state index contributed by atoms with van der Waals surface area (Å²) in [6.07, 6.45) is 7.36. The number of H-pyrrole nitrogens is 1. The van der Waals surface area contributed by atoms with Gasteiger partial charge in [-0.15, -0.1) is 0 Å². The molecule has 0 aliphatic heterocycles. The third-order valence-electron chi connectivity index (χ3n) is 4.77. The zero-order valence-electron chi connectivity index (χ0n) is 15.0. The molecule has 1 N–H and O–H groups in total. The lowest BCUT2D eigenvalue weighted by atomic mass is 9.88. The van der Waals surface area contributed by atoms with Crippen molar-refractivity contribution in [3.8, 4) is 11.3 Å². The van der Waals surface area contributed by atoms with Gasteiger partial charge in [0.05, 0.1) is 29.6 Å². The Bertz CT molecular complexity index is 1130. The van der Waals surface area contributed by atoms with E-state index in [1.54, 1.807) is 35.4 Å². The van der Waals surface area contributed by atoms with E-state index < -0.39 is 0 Å². The second-order valence-corrected chi connectivity index (χ2v) is 6.84. The molecule has 136 valence electrons. The maximum Gasteiger partial charge on any atom is 0.175 e. The number of carbonyl (C=O) groups is 1. The number of hydrogen-bond donors (Lipinski definition) is 1. The Morgan fingerprint density at radius 3 is 2.96 bits per heavy atom. The van der Waals surface area contributed by atoms with Crippen molar-refractivity contribution in [3.05, 3.63) is 70.8 Å². The van der Waals surface area contributed by atoms with E-state index in [4.69, 9.17) is 11.6 Å². The largest absolute Gasteiger partial charge is 0.293 e. The van der Waals surface area contributed by atoms with E-state index in [0.29, 0.717) is 22.7 Å². The van der Waals surface area contributed by atoms with Crippen molar-refractivity contribution < 1.29 is 4.79 Å². The topological polar surface area (TPSA) is 75.9 Å². The van der Waals surface area contributed by atoms with E-state index in [-0.39, 0.29) is 11.7 Å². The minimum atomic E-state index is -0.353. The van der Waals surface area contributed by atoms with Crippen LogP contribution in [0.3, 0.4) is 0 Å². The van der Waals surface area contributed by atoms with Gasteiger partial charge in [-0.3, -0.25) is 9.89 Å². The lowest BCUT2D eigenvalue weighted by Crippen LogP contribution is -2.13. The van der Waals surface area contributed by atoms with Gasteiger partial charge in [0, 0.05) is 28.5 Å². The molecule has 0 amide bonds. The van der Waals surface area contributed by atoms with Gasteiger partial charge in [0.25, 0.3) is 0 Å². The second-order valence-electron chi connectivity index (χ2n) is 6.44. The van der Waals surface area contributed by atoms with Crippen molar-refractivity contribution in [2.75, 3.05) is 0 Å². The standard InChI is InChI=1S/C20H18ClN5O/c1-3-14(19(27)16-11-24-26-8-4-7-22-20(16)26)15-10-23-25-18(15)13-6-5-12(2)17(21)9-13/h4-11,14H,3H2,1-2H3,(H,23,25). The molecule has 6 nitrogen and oxygen atoms in total. The number of aryl methyl sites for hydroxylation is 1. The molecule has 1 unspecified atom stereocenters. The van der Waals surface area contributed by atoms with Crippen LogP contribution in [0, 0.1) is 6.92 Å². The number of Topliss-reactive ketones (excluding diaryl/α,β-unsaturated/α-hetero) is 1. The Labute approximate surface area is 161 Å². The third-order valence-corrected chi connectivity index (χ3v) is 5.18. The van der Waals surface area contributed by atoms with Crippen LogP contribution in [0.5, 0.6) is 0 Å². The predicted octanol–water partition coefficient (Wildman–Crippen LogP) is 4.46. The molecule has 0 spiro atoms. The van der Waals surface area contributed by atoms with E-state index in [9.17, 15) is 4.79 Å². The number of nitrogens with zero attached hydrogens (tertiary/aromatic N) is 4. The molecule has 0 fully saturated rings. The number of aromatic amines is 1. The highest BCUT2D eigenvalue weighted by Crippen LogP contribution is 2.33. The Kier molecular flexibility index (Phi) is 4.49. The second kappa shape index (κ2) is 6.96. The highest BCUT2D eigenvalue weighted by Gasteiger charge is 2.27. The minimum Gasteiger partial charge on any atom is -0.293 e. The summed E-state index contributed by atoms with van der Waals surface area (Å²) in [5.41, 5.74) is 4.63. The van der Waals surface area contributed by atoms with Gasteiger partial charge >= 0.3 is 0 Å². The van der Waals surface area contributed by atoms with E-state index in [1.165, 1.54) is 0 Å². The van der Waals surface area contributed by atoms with Crippen molar-refractivity contribution in [1.29, 1.82) is 0 Å². The summed E-state index contributed by atoms with van der Waals surface area (Å²) in [4.78, 5) is 17.6. The Hall–Kier alpha value is -2.99. The summed E-state index contributed by atoms with van der Waals surface area (Å²) in [6, 6.07) is 7.61. The highest BCUT2D eigenvalue weighted by atomic mass is 35.5. The van der Waals surface area contributed by atoms with Crippen molar-refractivity contribution in [1.82, 2.24) is 24.8 Å². The summed E-state index contributed by atoms with van der Waals surface area (Å²) < 4.78 is 1.61. The number of benzene rings is 1. The molecule has 0 bridgehead atoms. The molecule has 7 heteroatoms. The normalized spacial score (nSPS) is 12.4. The lowest BCUT2D eigenvalue weighted by Gasteiger charge is -2.14. The Morgan fingerprint density at radius 1 is 1.33 bits per heavy atom. The Morgan fingerprint density at radius 2 is 2.19 bits per heavy atom. The summed E-state index contributed by atoms with van der Waals surface area (Å²) in [5, 5.41) is 12.1. The van der Waals surface area contributed by atoms with Crippen LogP contribution >= 0.6 is 11.6 Å². The molecule has 3 heterocycles. The first-order valence-electron chi connectivity index (χ1n) is 8.72. The Balaban J connectivity index is 1.77. The van der Waals surface area contributed by atoms with Crippen molar-refractivity contribution in [3.63, 3.8) is 0 Å². The van der Waals surface area contributed by atoms with E-state index in [0.717, 1.165) is 22.4 Å². The molecule has 3 aromatic heterocycles. The number of hydrogen-bond acceptors (Lipinski definition) is 4. The fourth-order valence-electron chi connectivity index (χ4n) is 3.27. The molecule has 0 aliphatic rings. The van der Waals surface area contributed by atoms with Gasteiger partial charge < -0.3 is 0 Å². The molecule has 0 saturated carbocycles. The first-order valence-corrected chi connectivity index (χ1v) is 9.10. The van der Waals surface area contributed by atoms with Gasteiger partial charge in [-0.25, -0.2) is 9.50 Å². The van der Waals surface area contributed by atoms with Crippen molar-refractivity contribution in [2.45, 2.75) is 26.2 Å². The van der Waals surface area contributed by atoms with Crippen LogP contribution in [0.15, 0.2) is 49.1 Å². The first-order chi connectivity index (χ1) is 13.1. The van der Waals surface area contributed by atoms with Gasteiger partial charge in [-0.05, 0) is 31.0 Å². The summed E-state index contributed by atoms with van der Waals surface area (Å²) >= 11 is 6.29. The van der Waals surface area contributed by atoms with Crippen LogP contribution in [0.4, 0.5) is 0 Å². The van der Waals surface area contributed by atoms with Crippen molar-refractivity contribution >= 4 is 23.0 Å². The number of carbonyl (C=O) groups excluding carboxylic acids is 1. The predicted molar refractivity (Wildman–Crippen MR) is 104 cm³/mol. The fraction of sp³-hybridized carbons (Fsp3) is 0.200. The number of aromatic nitrogens is 5. The zero-order chi connectivity index (χ0) is 19.0. The van der Waals surface area contributed by atoms with Gasteiger partial charge in [0.2, 0.25) is 0 Å². The molecule has 0 aliphatic carbocycles. The van der Waals surface area contributed by atoms with Gasteiger partial charge in [-0.2, -0.15) is 10.2 Å². The van der Waals surface area contributed by atoms with Crippen LogP contribution in [-0.2, 0) is 0 Å². The summed E-state index contributed by atoms with van der Waals surface area (Å²) in [6.45, 7) is 3.94. The number of ketones is 1. The highest BCUT2D eigenvalue weighted by molar-refractivity contribution is 6.31. The van der Waals surface area contributed by atoms with Gasteiger partial charge in [-0.1, -0.05) is 30.7 Å². The molecule has 0 radical (unpaired) electrons. The lowest BCUT2D eigenvalue weighted by molar-refractivity contribution is 0.0959. The number of halogens is 1. The summed E-state index contributed by atoms with van der Waals surface area (Å²) in [7, 11) is 0. The van der Waals surface area contributed by atoms with Crippen LogP contribution in [0.2, 0.25) is 5.02 Å². The first kappa shape index (κ1) is 17.4. The van der Waals surface area contributed by atoms with E-state index >= 15 is 0 Å². The SMILES string of the molecule is CCC(C(=O)c1cnn2cccnc12)c1cn[nH]c1-c1ccc(C)c(Cl)c1. The number of fused-ring (bicyclic) bond motifs is 1. The van der Waals surface area contributed by atoms with E-state index in [2.05, 4.69) is 20.3 Å². The average molecular weight is 380 g/mol. The molecular formula is C20H18ClN5O. The average Bonchev–Trinajstić information content (AvgIpc) is 3.32. The maximum absolute atomic E-state index is 13.3. The molecule has 1 atom stereocenters. The van der Waals surface area contributed by atoms with Crippen LogP contribution < -0.4 is 0 Å². The van der Waals surface area contributed by atoms with E-state index in [1.807, 2.05) is 32.0 Å². The van der Waals surface area contributed by atoms with Crippen molar-refractivity contribution in [2.24, 2.45) is 0 Å². The van der Waals surface area contributed by atoms with Gasteiger partial charge in [0.1, 0.15) is 0 Å². The van der Waals surface area contributed by atoms with Gasteiger partial charge in [0.15, 0.2) is 11.4 Å². The minimum absolute atomic E-state index is 0.0212. The smallest absolute Gasteiger partial charge is 0.175 e. The molecular weight excluding hydrogens is 362 g/mol. The molecule has 0 saturated heterocycles. The molecule has 1 aromatic carbocycles. The molecule has 27 heavy (non-hydrogen) atoms. The van der Waals surface area contributed by atoms with Crippen LogP contribution in [-0.4, -0.2) is 30.6 Å². The summed E-state index contributed by atoms with van der Waals surface area (Å²) in [5.74, 6) is -0.374. The number of rotatable bonds is 5. The maximum atomic E-state index is 13.3. The van der Waals surface area contributed by atoms with Crippen LogP contribution in [0.25, 0.3) is 16.9 Å². The fourth-order valence-corrected chi connectivity index (χ4v) is 3.46. The third kappa shape index (κ3) is 3.02. The molecule has 4 rings (SSSR count). The zero-order valence-corrected chi connectivity index (χ0v) is 15.7.